The number of nitrogens with zero attached hydrogens (tertiary/aromatic N) is 3. The number of imide groups is 1. The molecule has 0 aromatic heterocycles. The van der Waals surface area contributed by atoms with E-state index in [0.29, 0.717) is 11.4 Å². The summed E-state index contributed by atoms with van der Waals surface area (Å²) in [5.41, 5.74) is 4.20. The average molecular weight is 477 g/mol. The molecule has 0 bridgehead atoms. The number of benzene rings is 2. The largest absolute Gasteiger partial charge is 0.391 e. The third kappa shape index (κ3) is 4.33. The monoisotopic (exact) mass is 476 g/mol. The summed E-state index contributed by atoms with van der Waals surface area (Å²) in [4.78, 5) is 38.8. The molecule has 4 atom stereocenters. The number of carbonyl (C=O) groups is 2. The second kappa shape index (κ2) is 9.59. The van der Waals surface area contributed by atoms with Gasteiger partial charge in [0.15, 0.2) is 0 Å². The second-order valence-corrected chi connectivity index (χ2v) is 9.41. The first kappa shape index (κ1) is 23.2. The fourth-order valence-corrected chi connectivity index (χ4v) is 5.49. The van der Waals surface area contributed by atoms with Gasteiger partial charge in [-0.15, -0.1) is 0 Å². The molecule has 2 amide bonds. The van der Waals surface area contributed by atoms with Crippen molar-refractivity contribution >= 4 is 28.9 Å². The number of hydrogen-bond acceptors (Lipinski definition) is 7. The molecule has 2 aromatic carbocycles. The summed E-state index contributed by atoms with van der Waals surface area (Å²) in [5.74, 6) is -1.30. The van der Waals surface area contributed by atoms with E-state index in [1.165, 1.54) is 17.0 Å². The zero-order valence-electron chi connectivity index (χ0n) is 19.2. The molecule has 2 aliphatic heterocycles. The standard InChI is InChI=1S/C26H28N4O5/c31-24(17-7-3-1-4-8-17)22-16-15-21-23(26(33)28(25(21)32)19-9-5-2-6-10-19)29(22)27-18-11-13-20(14-12-18)30(34)35/h2,5-6,9-17,21-24,27,31H,1,3-4,7-8H2. The minimum absolute atomic E-state index is 0.0480. The number of nitrogens with one attached hydrogen (secondary N) is 1. The number of hydrogen-bond donors (Lipinski definition) is 2. The first-order chi connectivity index (χ1) is 17.0. The Labute approximate surface area is 203 Å². The summed E-state index contributed by atoms with van der Waals surface area (Å²) >= 11 is 0. The third-order valence-corrected chi connectivity index (χ3v) is 7.29. The van der Waals surface area contributed by atoms with Gasteiger partial charge in [0.25, 0.3) is 11.6 Å². The van der Waals surface area contributed by atoms with Gasteiger partial charge in [-0.3, -0.25) is 19.7 Å². The van der Waals surface area contributed by atoms with Crippen LogP contribution in [0.5, 0.6) is 0 Å². The number of anilines is 2. The highest BCUT2D eigenvalue weighted by Crippen LogP contribution is 2.38. The predicted octanol–water partition coefficient (Wildman–Crippen LogP) is 3.66. The van der Waals surface area contributed by atoms with Gasteiger partial charge in [-0.25, -0.2) is 9.91 Å². The molecule has 9 nitrogen and oxygen atoms in total. The number of hydrazine groups is 1. The van der Waals surface area contributed by atoms with Crippen molar-refractivity contribution in [2.45, 2.75) is 50.3 Å². The smallest absolute Gasteiger partial charge is 0.269 e. The number of nitro benzene ring substituents is 1. The number of nitro groups is 1. The quantitative estimate of drug-likeness (QED) is 0.283. The van der Waals surface area contributed by atoms with E-state index in [1.54, 1.807) is 47.5 Å². The van der Waals surface area contributed by atoms with Gasteiger partial charge >= 0.3 is 0 Å². The lowest BCUT2D eigenvalue weighted by atomic mass is 9.80. The molecule has 5 rings (SSSR count). The van der Waals surface area contributed by atoms with Crippen LogP contribution in [0, 0.1) is 22.0 Å². The Bertz CT molecular complexity index is 1130. The predicted molar refractivity (Wildman–Crippen MR) is 130 cm³/mol. The normalized spacial score (nSPS) is 26.0. The molecule has 2 aromatic rings. The summed E-state index contributed by atoms with van der Waals surface area (Å²) in [6.45, 7) is 0. The zero-order valence-corrected chi connectivity index (χ0v) is 19.2. The number of amides is 2. The summed E-state index contributed by atoms with van der Waals surface area (Å²) < 4.78 is 0. The van der Waals surface area contributed by atoms with E-state index in [0.717, 1.165) is 32.1 Å². The minimum atomic E-state index is -0.855. The van der Waals surface area contributed by atoms with Crippen molar-refractivity contribution in [3.63, 3.8) is 0 Å². The highest BCUT2D eigenvalue weighted by atomic mass is 16.6. The number of fused-ring (bicyclic) bond motifs is 1. The number of carbonyl (C=O) groups excluding carboxylic acids is 2. The first-order valence-electron chi connectivity index (χ1n) is 12.0. The van der Waals surface area contributed by atoms with Gasteiger partial charge in [-0.2, -0.15) is 0 Å². The maximum atomic E-state index is 13.7. The lowest BCUT2D eigenvalue weighted by Gasteiger charge is -2.43. The van der Waals surface area contributed by atoms with Crippen molar-refractivity contribution in [3.05, 3.63) is 76.9 Å². The molecule has 4 unspecified atom stereocenters. The van der Waals surface area contributed by atoms with E-state index in [4.69, 9.17) is 0 Å². The Hall–Kier alpha value is -3.56. The Balaban J connectivity index is 1.49. The molecule has 3 aliphatic rings. The highest BCUT2D eigenvalue weighted by molar-refractivity contribution is 6.24. The van der Waals surface area contributed by atoms with Crippen LogP contribution in [-0.4, -0.2) is 45.0 Å². The molecule has 2 heterocycles. The zero-order chi connectivity index (χ0) is 24.5. The van der Waals surface area contributed by atoms with E-state index < -0.39 is 29.0 Å². The van der Waals surface area contributed by atoms with Crippen LogP contribution < -0.4 is 10.3 Å². The lowest BCUT2D eigenvalue weighted by Crippen LogP contribution is -2.58. The summed E-state index contributed by atoms with van der Waals surface area (Å²) in [6, 6.07) is 13.3. The van der Waals surface area contributed by atoms with Gasteiger partial charge in [0, 0.05) is 17.8 Å². The van der Waals surface area contributed by atoms with Gasteiger partial charge in [-0.1, -0.05) is 49.6 Å². The molecule has 0 radical (unpaired) electrons. The van der Waals surface area contributed by atoms with Crippen LogP contribution in [-0.2, 0) is 9.59 Å². The SMILES string of the molecule is O=C1C2C=CC(C(O)C3CCCCC3)N(Nc3ccc([N+](=O)[O-])cc3)C2C(=O)N1c1ccccc1. The maximum Gasteiger partial charge on any atom is 0.269 e. The van der Waals surface area contributed by atoms with Gasteiger partial charge < -0.3 is 10.5 Å². The summed E-state index contributed by atoms with van der Waals surface area (Å²) in [6.07, 6.45) is 7.92. The Morgan fingerprint density at radius 1 is 0.943 bits per heavy atom. The summed E-state index contributed by atoms with van der Waals surface area (Å²) in [7, 11) is 0. The second-order valence-electron chi connectivity index (χ2n) is 9.41. The van der Waals surface area contributed by atoms with Crippen molar-refractivity contribution in [2.75, 3.05) is 10.3 Å². The van der Waals surface area contributed by atoms with Crippen LogP contribution in [0.3, 0.4) is 0 Å². The Morgan fingerprint density at radius 3 is 2.29 bits per heavy atom. The molecule has 9 heteroatoms. The molecule has 35 heavy (non-hydrogen) atoms. The molecule has 1 saturated heterocycles. The van der Waals surface area contributed by atoms with Crippen molar-refractivity contribution in [3.8, 4) is 0 Å². The van der Waals surface area contributed by atoms with Gasteiger partial charge in [0.05, 0.1) is 28.7 Å². The summed E-state index contributed by atoms with van der Waals surface area (Å²) in [5, 5.41) is 24.1. The average Bonchev–Trinajstić information content (AvgIpc) is 3.15. The molecule has 0 spiro atoms. The van der Waals surface area contributed by atoms with Gasteiger partial charge in [-0.05, 0) is 43.0 Å². The molecule has 1 aliphatic carbocycles. The van der Waals surface area contributed by atoms with Crippen LogP contribution in [0.25, 0.3) is 0 Å². The lowest BCUT2D eigenvalue weighted by molar-refractivity contribution is -0.384. The van der Waals surface area contributed by atoms with Crippen molar-refractivity contribution < 1.29 is 19.6 Å². The molecule has 2 fully saturated rings. The van der Waals surface area contributed by atoms with E-state index in [1.807, 2.05) is 12.1 Å². The van der Waals surface area contributed by atoms with E-state index in [2.05, 4.69) is 5.43 Å². The van der Waals surface area contributed by atoms with Crippen LogP contribution in [0.4, 0.5) is 17.1 Å². The molecule has 182 valence electrons. The number of non-ortho nitro benzene ring substituents is 1. The molecular formula is C26H28N4O5. The highest BCUT2D eigenvalue weighted by Gasteiger charge is 2.54. The van der Waals surface area contributed by atoms with Crippen LogP contribution in [0.2, 0.25) is 0 Å². The van der Waals surface area contributed by atoms with Gasteiger partial charge in [0.1, 0.15) is 6.04 Å². The Morgan fingerprint density at radius 2 is 1.63 bits per heavy atom. The topological polar surface area (TPSA) is 116 Å². The number of aliphatic hydroxyl groups excluding tert-OH is 1. The Kier molecular flexibility index (Phi) is 6.36. The maximum absolute atomic E-state index is 13.7. The molecule has 2 N–H and O–H groups in total. The molecule has 1 saturated carbocycles. The van der Waals surface area contributed by atoms with E-state index in [9.17, 15) is 24.8 Å². The van der Waals surface area contributed by atoms with E-state index in [-0.39, 0.29) is 23.4 Å². The third-order valence-electron chi connectivity index (χ3n) is 7.29. The fraction of sp³-hybridized carbons (Fsp3) is 0.385. The van der Waals surface area contributed by atoms with Crippen LogP contribution >= 0.6 is 0 Å². The van der Waals surface area contributed by atoms with Crippen molar-refractivity contribution in [2.24, 2.45) is 11.8 Å². The first-order valence-corrected chi connectivity index (χ1v) is 12.0. The van der Waals surface area contributed by atoms with Crippen molar-refractivity contribution in [1.29, 1.82) is 0 Å². The fourth-order valence-electron chi connectivity index (χ4n) is 5.49. The minimum Gasteiger partial charge on any atom is -0.391 e. The van der Waals surface area contributed by atoms with Crippen LogP contribution in [0.15, 0.2) is 66.7 Å². The van der Waals surface area contributed by atoms with Crippen molar-refractivity contribution in [1.82, 2.24) is 5.01 Å². The molecular weight excluding hydrogens is 448 g/mol. The number of para-hydroxylation sites is 1. The van der Waals surface area contributed by atoms with Gasteiger partial charge in [0.2, 0.25) is 5.91 Å². The number of rotatable bonds is 6. The van der Waals surface area contributed by atoms with Crippen LogP contribution in [0.1, 0.15) is 32.1 Å². The number of aliphatic hydroxyl groups is 1. The van der Waals surface area contributed by atoms with E-state index >= 15 is 0 Å².